The van der Waals surface area contributed by atoms with Crippen molar-refractivity contribution in [3.63, 3.8) is 0 Å². The van der Waals surface area contributed by atoms with E-state index in [1.54, 1.807) is 10.4 Å². The maximum Gasteiger partial charge on any atom is 0.102 e. The molecule has 0 spiro atoms. The molecule has 0 aliphatic rings. The number of hydrogen-bond acceptors (Lipinski definition) is 0. The molecule has 0 fully saturated rings. The van der Waals surface area contributed by atoms with E-state index in [1.807, 2.05) is 0 Å². The van der Waals surface area contributed by atoms with Crippen LogP contribution in [0.4, 0.5) is 0 Å². The molecule has 0 saturated heterocycles. The van der Waals surface area contributed by atoms with E-state index >= 15 is 0 Å². The molecule has 0 aliphatic heterocycles. The summed E-state index contributed by atoms with van der Waals surface area (Å²) in [7, 11) is -1.85. The van der Waals surface area contributed by atoms with Crippen molar-refractivity contribution in [2.24, 2.45) is 0 Å². The van der Waals surface area contributed by atoms with Crippen LogP contribution in [0.5, 0.6) is 0 Å². The summed E-state index contributed by atoms with van der Waals surface area (Å²) >= 11 is 6.45. The highest BCUT2D eigenvalue weighted by Gasteiger charge is 2.20. The Balaban J connectivity index is 2.06. The Morgan fingerprint density at radius 2 is 1.09 bits per heavy atom. The predicted molar refractivity (Wildman–Crippen MR) is 155 cm³/mol. The van der Waals surface area contributed by atoms with Crippen molar-refractivity contribution in [1.29, 1.82) is 0 Å². The summed E-state index contributed by atoms with van der Waals surface area (Å²) in [5, 5.41) is 3.19. The first-order valence-electron chi connectivity index (χ1n) is 13.9. The Hall–Kier alpha value is -0.0562. The zero-order valence-electron chi connectivity index (χ0n) is 22.3. The van der Waals surface area contributed by atoms with Crippen LogP contribution in [-0.4, -0.2) is 22.4 Å². The predicted octanol–water partition coefficient (Wildman–Crippen LogP) is 9.28. The summed E-state index contributed by atoms with van der Waals surface area (Å²) < 4.78 is 0. The van der Waals surface area contributed by atoms with Crippen LogP contribution in [0.2, 0.25) is 25.7 Å². The quantitative estimate of drug-likeness (QED) is 0.0963. The molecule has 0 N–H and O–H groups in total. The monoisotopic (exact) mass is 493 g/mol. The normalized spacial score (nSPS) is 12.1. The summed E-state index contributed by atoms with van der Waals surface area (Å²) in [5.41, 5.74) is 2.29. The van der Waals surface area contributed by atoms with E-state index in [2.05, 4.69) is 51.7 Å². The maximum atomic E-state index is 6.45. The number of rotatable bonds is 20. The smallest absolute Gasteiger partial charge is 0.102 e. The van der Waals surface area contributed by atoms with Gasteiger partial charge in [-0.15, -0.1) is 11.6 Å². The zero-order valence-corrected chi connectivity index (χ0v) is 25.1. The minimum atomic E-state index is -1.26. The van der Waals surface area contributed by atoms with Crippen LogP contribution in [0.1, 0.15) is 115 Å². The highest BCUT2D eigenvalue weighted by atomic mass is 35.5. The summed E-state index contributed by atoms with van der Waals surface area (Å²) in [6, 6.07) is 8.70. The molecular formula is C29H54ClSi2. The fourth-order valence-electron chi connectivity index (χ4n) is 4.60. The molecule has 185 valence electrons. The van der Waals surface area contributed by atoms with E-state index in [9.17, 15) is 0 Å². The number of hydrogen-bond donors (Lipinski definition) is 0. The summed E-state index contributed by atoms with van der Waals surface area (Å²) in [6.45, 7) is 11.9. The zero-order chi connectivity index (χ0) is 23.7. The van der Waals surface area contributed by atoms with Crippen LogP contribution < -0.4 is 10.4 Å². The molecule has 1 rings (SSSR count). The molecule has 0 aromatic heterocycles. The van der Waals surface area contributed by atoms with Gasteiger partial charge in [-0.25, -0.2) is 0 Å². The van der Waals surface area contributed by atoms with E-state index in [-0.39, 0.29) is 0 Å². The van der Waals surface area contributed by atoms with Crippen molar-refractivity contribution < 1.29 is 0 Å². The van der Waals surface area contributed by atoms with E-state index < -0.39 is 16.9 Å². The van der Waals surface area contributed by atoms with Crippen LogP contribution in [0.15, 0.2) is 18.2 Å². The molecule has 1 radical (unpaired) electrons. The standard InChI is InChI=1S/C29H54ClSi2/c1-6-7-8-9-10-11-12-13-14-15-16-17-18-19-20-21-22-31(26-30)28-23-27(2)24-29(25-28)32(3,4)5/h23-25H,6-22,26H2,1-5H3. The summed E-state index contributed by atoms with van der Waals surface area (Å²) in [6.07, 6.45) is 23.0. The fraction of sp³-hybridized carbons (Fsp3) is 0.793. The lowest BCUT2D eigenvalue weighted by Crippen LogP contribution is -2.43. The number of aryl methyl sites for hydroxylation is 1. The van der Waals surface area contributed by atoms with Gasteiger partial charge in [-0.2, -0.15) is 0 Å². The molecule has 0 amide bonds. The summed E-state index contributed by atoms with van der Waals surface area (Å²) in [4.78, 5) is 0. The molecule has 1 aromatic rings. The molecule has 1 aromatic carbocycles. The summed E-state index contributed by atoms with van der Waals surface area (Å²) in [5.74, 6) is 0. The van der Waals surface area contributed by atoms with Crippen LogP contribution in [0.25, 0.3) is 0 Å². The molecule has 32 heavy (non-hydrogen) atoms. The van der Waals surface area contributed by atoms with Crippen molar-refractivity contribution >= 4 is 38.8 Å². The van der Waals surface area contributed by atoms with Gasteiger partial charge in [0.25, 0.3) is 0 Å². The van der Waals surface area contributed by atoms with Crippen molar-refractivity contribution in [1.82, 2.24) is 0 Å². The molecule has 0 atom stereocenters. The second-order valence-electron chi connectivity index (χ2n) is 11.1. The van der Waals surface area contributed by atoms with Gasteiger partial charge in [0, 0.05) is 5.50 Å². The Morgan fingerprint density at radius 1 is 0.656 bits per heavy atom. The third kappa shape index (κ3) is 14.3. The van der Waals surface area contributed by atoms with Gasteiger partial charge in [-0.05, 0) is 6.92 Å². The first-order valence-corrected chi connectivity index (χ1v) is 19.9. The van der Waals surface area contributed by atoms with Crippen LogP contribution >= 0.6 is 11.6 Å². The molecular weight excluding hydrogens is 440 g/mol. The van der Waals surface area contributed by atoms with Gasteiger partial charge >= 0.3 is 0 Å². The Bertz CT molecular complexity index is 579. The lowest BCUT2D eigenvalue weighted by molar-refractivity contribution is 0.531. The van der Waals surface area contributed by atoms with Crippen LogP contribution in [-0.2, 0) is 0 Å². The lowest BCUT2D eigenvalue weighted by Gasteiger charge is -2.21. The molecule has 0 nitrogen and oxygen atoms in total. The number of alkyl halides is 1. The number of halogens is 1. The van der Waals surface area contributed by atoms with Crippen molar-refractivity contribution in [3.05, 3.63) is 23.8 Å². The minimum Gasteiger partial charge on any atom is -0.130 e. The molecule has 0 bridgehead atoms. The van der Waals surface area contributed by atoms with E-state index in [4.69, 9.17) is 11.6 Å². The van der Waals surface area contributed by atoms with E-state index in [1.165, 1.54) is 114 Å². The second kappa shape index (κ2) is 18.3. The van der Waals surface area contributed by atoms with Gasteiger partial charge in [-0.3, -0.25) is 0 Å². The topological polar surface area (TPSA) is 0 Å². The van der Waals surface area contributed by atoms with Crippen molar-refractivity contribution in [2.45, 2.75) is 142 Å². The van der Waals surface area contributed by atoms with Gasteiger partial charge in [0.1, 0.15) is 8.80 Å². The molecule has 0 aliphatic carbocycles. The second-order valence-corrected chi connectivity index (χ2v) is 19.6. The number of unbranched alkanes of at least 4 members (excludes halogenated alkanes) is 15. The van der Waals surface area contributed by atoms with Crippen LogP contribution in [0.3, 0.4) is 0 Å². The van der Waals surface area contributed by atoms with E-state index in [0.29, 0.717) is 0 Å². The van der Waals surface area contributed by atoms with Gasteiger partial charge in [0.05, 0.1) is 8.07 Å². The highest BCUT2D eigenvalue weighted by molar-refractivity contribution is 6.89. The third-order valence-electron chi connectivity index (χ3n) is 6.85. The Morgan fingerprint density at radius 3 is 1.50 bits per heavy atom. The van der Waals surface area contributed by atoms with Crippen molar-refractivity contribution in [2.75, 3.05) is 5.50 Å². The lowest BCUT2D eigenvalue weighted by atomic mass is 10.0. The fourth-order valence-corrected chi connectivity index (χ4v) is 8.90. The largest absolute Gasteiger partial charge is 0.130 e. The first kappa shape index (κ1) is 30.0. The maximum absolute atomic E-state index is 6.45. The SMILES string of the molecule is CCCCCCCCCCCCCCCCCC[Si](CCl)c1cc(C)cc([Si](C)(C)C)c1. The third-order valence-corrected chi connectivity index (χ3v) is 12.2. The van der Waals surface area contributed by atoms with E-state index in [0.717, 1.165) is 5.50 Å². The first-order chi connectivity index (χ1) is 15.4. The average Bonchev–Trinajstić information content (AvgIpc) is 2.75. The molecule has 0 heterocycles. The van der Waals surface area contributed by atoms with Crippen molar-refractivity contribution in [3.8, 4) is 0 Å². The minimum absolute atomic E-state index is 0.596. The highest BCUT2D eigenvalue weighted by Crippen LogP contribution is 2.15. The number of benzene rings is 1. The van der Waals surface area contributed by atoms with Gasteiger partial charge in [0.15, 0.2) is 0 Å². The van der Waals surface area contributed by atoms with Gasteiger partial charge < -0.3 is 0 Å². The Kier molecular flexibility index (Phi) is 17.1. The van der Waals surface area contributed by atoms with Crippen LogP contribution in [0, 0.1) is 6.92 Å². The molecule has 3 heteroatoms. The average molecular weight is 494 g/mol. The van der Waals surface area contributed by atoms with Gasteiger partial charge in [-0.1, -0.05) is 169 Å². The molecule has 0 unspecified atom stereocenters. The molecule has 0 saturated carbocycles. The van der Waals surface area contributed by atoms with Gasteiger partial charge in [0.2, 0.25) is 0 Å². The Labute approximate surface area is 209 Å².